The highest BCUT2D eigenvalue weighted by molar-refractivity contribution is 6.16. The van der Waals surface area contributed by atoms with Gasteiger partial charge in [-0.15, -0.1) is 0 Å². The van der Waals surface area contributed by atoms with Crippen molar-refractivity contribution in [3.63, 3.8) is 0 Å². The van der Waals surface area contributed by atoms with E-state index < -0.39 is 0 Å². The minimum atomic E-state index is 1.16. The van der Waals surface area contributed by atoms with Gasteiger partial charge in [-0.3, -0.25) is 0 Å². The summed E-state index contributed by atoms with van der Waals surface area (Å²) in [6.45, 7) is 2.14. The summed E-state index contributed by atoms with van der Waals surface area (Å²) in [7, 11) is 0. The molecule has 0 atom stereocenters. The van der Waals surface area contributed by atoms with Gasteiger partial charge in [0.15, 0.2) is 0 Å². The van der Waals surface area contributed by atoms with Gasteiger partial charge in [0, 0.05) is 16.5 Å². The van der Waals surface area contributed by atoms with E-state index >= 15 is 0 Å². The zero-order valence-corrected chi connectivity index (χ0v) is 20.1. The van der Waals surface area contributed by atoms with Gasteiger partial charge in [0.2, 0.25) is 0 Å². The minimum Gasteiger partial charge on any atom is -0.309 e. The predicted molar refractivity (Wildman–Crippen MR) is 156 cm³/mol. The van der Waals surface area contributed by atoms with Crippen molar-refractivity contribution >= 4 is 60.2 Å². The summed E-state index contributed by atoms with van der Waals surface area (Å²) in [5.74, 6) is 0. The molecule has 0 unspecified atom stereocenters. The smallest absolute Gasteiger partial charge is 0.0540 e. The lowest BCUT2D eigenvalue weighted by Crippen LogP contribution is -2.11. The van der Waals surface area contributed by atoms with E-state index in [4.69, 9.17) is 0 Å². The molecule has 7 rings (SSSR count). The molecule has 7 aromatic rings. The maximum absolute atomic E-state index is 2.41. The maximum atomic E-state index is 2.41. The number of nitrogens with zero attached hydrogens (tertiary/aromatic N) is 1. The normalized spacial score (nSPS) is 11.5. The summed E-state index contributed by atoms with van der Waals surface area (Å²) < 4.78 is 0. The minimum absolute atomic E-state index is 1.16. The van der Waals surface area contributed by atoms with Crippen LogP contribution in [0.15, 0.2) is 133 Å². The summed E-state index contributed by atoms with van der Waals surface area (Å²) in [5.41, 5.74) is 4.78. The molecule has 36 heavy (non-hydrogen) atoms. The second kappa shape index (κ2) is 8.25. The van der Waals surface area contributed by atoms with E-state index in [2.05, 4.69) is 145 Å². The van der Waals surface area contributed by atoms with E-state index in [1.807, 2.05) is 0 Å². The molecule has 7 aromatic carbocycles. The van der Waals surface area contributed by atoms with Crippen LogP contribution < -0.4 is 4.90 Å². The van der Waals surface area contributed by atoms with E-state index in [1.54, 1.807) is 0 Å². The molecule has 1 heteroatoms. The molecule has 0 spiro atoms. The molecule has 0 aliphatic heterocycles. The van der Waals surface area contributed by atoms with E-state index in [0.717, 1.165) is 5.69 Å². The van der Waals surface area contributed by atoms with E-state index in [-0.39, 0.29) is 0 Å². The first-order valence-corrected chi connectivity index (χ1v) is 12.5. The largest absolute Gasteiger partial charge is 0.309 e. The fourth-order valence-electron chi connectivity index (χ4n) is 5.47. The number of aryl methyl sites for hydroxylation is 1. The van der Waals surface area contributed by atoms with Crippen LogP contribution in [-0.2, 0) is 0 Å². The van der Waals surface area contributed by atoms with E-state index in [9.17, 15) is 0 Å². The number of hydrogen-bond donors (Lipinski definition) is 0. The van der Waals surface area contributed by atoms with Gasteiger partial charge >= 0.3 is 0 Å². The first kappa shape index (κ1) is 20.7. The number of hydrogen-bond acceptors (Lipinski definition) is 1. The molecule has 0 N–H and O–H groups in total. The molecule has 0 aliphatic rings. The van der Waals surface area contributed by atoms with Crippen molar-refractivity contribution in [2.24, 2.45) is 0 Å². The second-order valence-corrected chi connectivity index (χ2v) is 9.53. The fourth-order valence-corrected chi connectivity index (χ4v) is 5.47. The fraction of sp³-hybridized carbons (Fsp3) is 0.0286. The third-order valence-electron chi connectivity index (χ3n) is 7.26. The average molecular weight is 460 g/mol. The van der Waals surface area contributed by atoms with Gasteiger partial charge in [-0.1, -0.05) is 103 Å². The molecule has 0 bridgehead atoms. The Hall–Kier alpha value is -4.62. The summed E-state index contributed by atoms with van der Waals surface area (Å²) in [6, 6.07) is 48.6. The molecule has 0 heterocycles. The van der Waals surface area contributed by atoms with Gasteiger partial charge in [0.1, 0.15) is 0 Å². The van der Waals surface area contributed by atoms with Crippen molar-refractivity contribution in [2.45, 2.75) is 6.92 Å². The SMILES string of the molecule is Cc1ccc(N(c2cccc3ccccc23)c2cccc3c2ccc2cc4ccccc4cc23)cc1. The van der Waals surface area contributed by atoms with Gasteiger partial charge in [-0.25, -0.2) is 0 Å². The van der Waals surface area contributed by atoms with Crippen LogP contribution in [0.2, 0.25) is 0 Å². The van der Waals surface area contributed by atoms with Gasteiger partial charge in [0.05, 0.1) is 11.4 Å². The van der Waals surface area contributed by atoms with Gasteiger partial charge < -0.3 is 4.90 Å². The molecule has 1 nitrogen and oxygen atoms in total. The summed E-state index contributed by atoms with van der Waals surface area (Å²) in [5, 5.41) is 10.1. The zero-order valence-electron chi connectivity index (χ0n) is 20.1. The van der Waals surface area contributed by atoms with Gasteiger partial charge in [0.25, 0.3) is 0 Å². The topological polar surface area (TPSA) is 3.24 Å². The van der Waals surface area contributed by atoms with Crippen molar-refractivity contribution in [3.8, 4) is 0 Å². The van der Waals surface area contributed by atoms with Crippen molar-refractivity contribution in [2.75, 3.05) is 4.90 Å². The Morgan fingerprint density at radius 1 is 0.389 bits per heavy atom. The molecule has 0 radical (unpaired) electrons. The van der Waals surface area contributed by atoms with Crippen LogP contribution in [-0.4, -0.2) is 0 Å². The van der Waals surface area contributed by atoms with Crippen LogP contribution in [0.4, 0.5) is 17.1 Å². The number of fused-ring (bicyclic) bond motifs is 5. The molecule has 0 aliphatic carbocycles. The molecule has 0 fully saturated rings. The second-order valence-electron chi connectivity index (χ2n) is 9.53. The van der Waals surface area contributed by atoms with Crippen LogP contribution in [0.5, 0.6) is 0 Å². The van der Waals surface area contributed by atoms with Crippen LogP contribution in [0, 0.1) is 6.92 Å². The molecular weight excluding hydrogens is 434 g/mol. The van der Waals surface area contributed by atoms with Crippen molar-refractivity contribution in [1.29, 1.82) is 0 Å². The third kappa shape index (κ3) is 3.32. The summed E-state index contributed by atoms with van der Waals surface area (Å²) in [4.78, 5) is 2.41. The standard InChI is InChI=1S/C35H25N/c1-24-16-19-29(20-17-24)36(34-14-6-11-25-8-4-5-12-30(25)34)35-15-7-13-31-32(35)21-18-28-22-26-9-2-3-10-27(26)23-33(28)31/h2-23H,1H3. The Morgan fingerprint density at radius 3 is 1.81 bits per heavy atom. The highest BCUT2D eigenvalue weighted by Gasteiger charge is 2.18. The molecule has 0 amide bonds. The highest BCUT2D eigenvalue weighted by Crippen LogP contribution is 2.43. The predicted octanol–water partition coefficient (Wildman–Crippen LogP) is 10.1. The highest BCUT2D eigenvalue weighted by atomic mass is 15.1. The number of benzene rings is 7. The Labute approximate surface area is 210 Å². The third-order valence-corrected chi connectivity index (χ3v) is 7.26. The Bertz CT molecular complexity index is 1890. The average Bonchev–Trinajstić information content (AvgIpc) is 2.93. The van der Waals surface area contributed by atoms with Crippen molar-refractivity contribution in [3.05, 3.63) is 139 Å². The van der Waals surface area contributed by atoms with E-state index in [0.29, 0.717) is 0 Å². The molecule has 0 saturated heterocycles. The maximum Gasteiger partial charge on any atom is 0.0540 e. The van der Waals surface area contributed by atoms with Crippen LogP contribution in [0.1, 0.15) is 5.56 Å². The Kier molecular flexibility index (Phi) is 4.75. The summed E-state index contributed by atoms with van der Waals surface area (Å²) >= 11 is 0. The van der Waals surface area contributed by atoms with Crippen molar-refractivity contribution in [1.82, 2.24) is 0 Å². The number of rotatable bonds is 3. The Morgan fingerprint density at radius 2 is 1.00 bits per heavy atom. The van der Waals surface area contributed by atoms with Gasteiger partial charge in [-0.05, 0) is 75.6 Å². The molecule has 170 valence electrons. The van der Waals surface area contributed by atoms with Crippen LogP contribution >= 0.6 is 0 Å². The first-order valence-electron chi connectivity index (χ1n) is 12.5. The Balaban J connectivity index is 1.55. The first-order chi connectivity index (χ1) is 17.8. The van der Waals surface area contributed by atoms with Gasteiger partial charge in [-0.2, -0.15) is 0 Å². The lowest BCUT2D eigenvalue weighted by Gasteiger charge is -2.28. The summed E-state index contributed by atoms with van der Waals surface area (Å²) in [6.07, 6.45) is 0. The van der Waals surface area contributed by atoms with Crippen molar-refractivity contribution < 1.29 is 0 Å². The quantitative estimate of drug-likeness (QED) is 0.188. The molecular formula is C35H25N. The van der Waals surface area contributed by atoms with Crippen LogP contribution in [0.3, 0.4) is 0 Å². The monoisotopic (exact) mass is 459 g/mol. The van der Waals surface area contributed by atoms with E-state index in [1.165, 1.54) is 60.0 Å². The zero-order chi connectivity index (χ0) is 24.1. The lowest BCUT2D eigenvalue weighted by molar-refractivity contribution is 1.30. The van der Waals surface area contributed by atoms with Crippen LogP contribution in [0.25, 0.3) is 43.1 Å². The molecule has 0 saturated carbocycles. The lowest BCUT2D eigenvalue weighted by atomic mass is 9.96. The molecule has 0 aromatic heterocycles. The number of anilines is 3.